The molecule has 0 aromatic heterocycles. The third kappa shape index (κ3) is 4.61. The minimum absolute atomic E-state index is 0.122. The van der Waals surface area contributed by atoms with Gasteiger partial charge in [-0.2, -0.15) is 0 Å². The Bertz CT molecular complexity index is 443. The van der Waals surface area contributed by atoms with E-state index in [1.165, 1.54) is 4.90 Å². The van der Waals surface area contributed by atoms with Gasteiger partial charge in [0, 0.05) is 27.2 Å². The first-order chi connectivity index (χ1) is 10.0. The van der Waals surface area contributed by atoms with Crippen molar-refractivity contribution in [3.63, 3.8) is 0 Å². The highest BCUT2D eigenvalue weighted by Crippen LogP contribution is 2.22. The lowest BCUT2D eigenvalue weighted by Gasteiger charge is -2.35. The number of rotatable bonds is 3. The van der Waals surface area contributed by atoms with E-state index in [4.69, 9.17) is 0 Å². The fraction of sp³-hybridized carbons (Fsp3) is 0.800. The van der Waals surface area contributed by atoms with Gasteiger partial charge in [-0.1, -0.05) is 20.8 Å². The van der Waals surface area contributed by atoms with Gasteiger partial charge in [0.1, 0.15) is 6.04 Å². The van der Waals surface area contributed by atoms with Crippen molar-refractivity contribution in [2.45, 2.75) is 39.7 Å². The topological polar surface area (TPSA) is 90.0 Å². The highest BCUT2D eigenvalue weighted by molar-refractivity contribution is 5.86. The van der Waals surface area contributed by atoms with Gasteiger partial charge >= 0.3 is 12.0 Å². The van der Waals surface area contributed by atoms with Crippen molar-refractivity contribution in [2.75, 3.05) is 27.2 Å². The summed E-state index contributed by atoms with van der Waals surface area (Å²) in [6.07, 6.45) is 1.41. The number of aliphatic carboxylic acids is 1. The maximum Gasteiger partial charge on any atom is 0.326 e. The fourth-order valence-electron chi connectivity index (χ4n) is 2.56. The van der Waals surface area contributed by atoms with Crippen molar-refractivity contribution in [2.24, 2.45) is 11.3 Å². The molecule has 2 atom stereocenters. The lowest BCUT2D eigenvalue weighted by atomic mass is 9.86. The molecule has 7 nitrogen and oxygen atoms in total. The van der Waals surface area contributed by atoms with Crippen LogP contribution in [-0.2, 0) is 9.59 Å². The Morgan fingerprint density at radius 1 is 1.27 bits per heavy atom. The van der Waals surface area contributed by atoms with Crippen LogP contribution in [0, 0.1) is 11.3 Å². The summed E-state index contributed by atoms with van der Waals surface area (Å²) in [6, 6.07) is -1.07. The average molecular weight is 313 g/mol. The molecule has 0 bridgehead atoms. The summed E-state index contributed by atoms with van der Waals surface area (Å²) < 4.78 is 0. The molecule has 0 saturated carbocycles. The van der Waals surface area contributed by atoms with Crippen molar-refractivity contribution in [3.05, 3.63) is 0 Å². The molecule has 0 aromatic carbocycles. The van der Waals surface area contributed by atoms with Crippen LogP contribution < -0.4 is 5.32 Å². The van der Waals surface area contributed by atoms with Crippen LogP contribution in [0.1, 0.15) is 33.6 Å². The van der Waals surface area contributed by atoms with Crippen LogP contribution in [0.5, 0.6) is 0 Å². The quantitative estimate of drug-likeness (QED) is 0.813. The smallest absolute Gasteiger partial charge is 0.326 e. The number of carboxylic acids is 1. The van der Waals surface area contributed by atoms with Gasteiger partial charge in [0.05, 0.1) is 5.92 Å². The number of carbonyl (C=O) groups is 3. The van der Waals surface area contributed by atoms with Gasteiger partial charge in [0.2, 0.25) is 5.91 Å². The summed E-state index contributed by atoms with van der Waals surface area (Å²) in [5.74, 6) is -1.70. The molecular weight excluding hydrogens is 286 g/mol. The molecular formula is C15H27N3O4. The fourth-order valence-corrected chi connectivity index (χ4v) is 2.56. The van der Waals surface area contributed by atoms with E-state index < -0.39 is 17.4 Å². The maximum atomic E-state index is 12.4. The summed E-state index contributed by atoms with van der Waals surface area (Å²) >= 11 is 0. The minimum Gasteiger partial charge on any atom is -0.480 e. The number of urea groups is 1. The van der Waals surface area contributed by atoms with E-state index in [1.54, 1.807) is 39.8 Å². The van der Waals surface area contributed by atoms with Gasteiger partial charge in [0.15, 0.2) is 0 Å². The zero-order valence-corrected chi connectivity index (χ0v) is 14.0. The number of likely N-dealkylation sites (tertiary alicyclic amines) is 1. The molecule has 22 heavy (non-hydrogen) atoms. The number of nitrogens with zero attached hydrogens (tertiary/aromatic N) is 2. The van der Waals surface area contributed by atoms with Crippen LogP contribution in [0.15, 0.2) is 0 Å². The third-order valence-corrected chi connectivity index (χ3v) is 3.84. The van der Waals surface area contributed by atoms with Crippen molar-refractivity contribution in [1.82, 2.24) is 15.1 Å². The first-order valence-electron chi connectivity index (χ1n) is 7.53. The number of nitrogens with one attached hydrogen (secondary N) is 1. The van der Waals surface area contributed by atoms with E-state index in [2.05, 4.69) is 5.32 Å². The Labute approximate surface area is 131 Å². The second kappa shape index (κ2) is 6.98. The SMILES string of the molecule is CN(C)C(=O)N1CCC[C@@H](C(=O)N[C@@H](C(=O)O)C(C)(C)C)C1. The normalized spacial score (nSPS) is 20.2. The van der Waals surface area contributed by atoms with Crippen molar-refractivity contribution >= 4 is 17.9 Å². The van der Waals surface area contributed by atoms with Gasteiger partial charge in [0.25, 0.3) is 0 Å². The zero-order chi connectivity index (χ0) is 17.1. The number of amides is 3. The predicted molar refractivity (Wildman–Crippen MR) is 82.4 cm³/mol. The molecule has 2 N–H and O–H groups in total. The van der Waals surface area contributed by atoms with Gasteiger partial charge in [-0.05, 0) is 18.3 Å². The molecule has 0 radical (unpaired) electrons. The molecule has 126 valence electrons. The van der Waals surface area contributed by atoms with E-state index in [1.807, 2.05) is 0 Å². The summed E-state index contributed by atoms with van der Waals surface area (Å²) in [5.41, 5.74) is -0.574. The molecule has 7 heteroatoms. The number of hydrogen-bond donors (Lipinski definition) is 2. The van der Waals surface area contributed by atoms with Gasteiger partial charge in [-0.3, -0.25) is 4.79 Å². The molecule has 3 amide bonds. The lowest BCUT2D eigenvalue weighted by molar-refractivity contribution is -0.145. The third-order valence-electron chi connectivity index (χ3n) is 3.84. The van der Waals surface area contributed by atoms with Crippen molar-refractivity contribution < 1.29 is 19.5 Å². The molecule has 0 aromatic rings. The molecule has 0 aliphatic carbocycles. The first-order valence-corrected chi connectivity index (χ1v) is 7.53. The largest absolute Gasteiger partial charge is 0.480 e. The molecule has 1 aliphatic rings. The molecule has 0 unspecified atom stereocenters. The van der Waals surface area contributed by atoms with Crippen molar-refractivity contribution in [3.8, 4) is 0 Å². The van der Waals surface area contributed by atoms with Gasteiger partial charge in [-0.25, -0.2) is 9.59 Å². The molecule has 1 aliphatic heterocycles. The average Bonchev–Trinajstić information content (AvgIpc) is 2.42. The number of carbonyl (C=O) groups excluding carboxylic acids is 2. The van der Waals surface area contributed by atoms with Crippen LogP contribution in [0.4, 0.5) is 4.79 Å². The molecule has 1 saturated heterocycles. The second-order valence-electron chi connectivity index (χ2n) is 7.11. The minimum atomic E-state index is -1.04. The Hall–Kier alpha value is -1.79. The molecule has 0 spiro atoms. The van der Waals surface area contributed by atoms with Crippen LogP contribution in [-0.4, -0.2) is 66.0 Å². The Morgan fingerprint density at radius 3 is 2.32 bits per heavy atom. The molecule has 1 rings (SSSR count). The zero-order valence-electron chi connectivity index (χ0n) is 14.0. The monoisotopic (exact) mass is 313 g/mol. The molecule has 1 fully saturated rings. The number of hydrogen-bond acceptors (Lipinski definition) is 3. The van der Waals surface area contributed by atoms with Crippen LogP contribution in [0.25, 0.3) is 0 Å². The van der Waals surface area contributed by atoms with E-state index in [0.717, 1.165) is 6.42 Å². The van der Waals surface area contributed by atoms with Crippen LogP contribution in [0.3, 0.4) is 0 Å². The standard InChI is InChI=1S/C15H27N3O4/c1-15(2,3)11(13(20)21)16-12(19)10-7-6-8-18(9-10)14(22)17(4)5/h10-11H,6-9H2,1-5H3,(H,16,19)(H,20,21)/t10-,11+/m1/s1. The summed E-state index contributed by atoms with van der Waals surface area (Å²) in [5, 5.41) is 11.9. The summed E-state index contributed by atoms with van der Waals surface area (Å²) in [7, 11) is 3.35. The highest BCUT2D eigenvalue weighted by atomic mass is 16.4. The van der Waals surface area contributed by atoms with E-state index in [-0.39, 0.29) is 17.9 Å². The van der Waals surface area contributed by atoms with E-state index in [9.17, 15) is 19.5 Å². The van der Waals surface area contributed by atoms with Crippen LogP contribution in [0.2, 0.25) is 0 Å². The number of carboxylic acid groups (broad SMARTS) is 1. The van der Waals surface area contributed by atoms with Crippen molar-refractivity contribution in [1.29, 1.82) is 0 Å². The number of piperidine rings is 1. The Balaban J connectivity index is 2.72. The summed E-state index contributed by atoms with van der Waals surface area (Å²) in [4.78, 5) is 38.8. The van der Waals surface area contributed by atoms with Crippen LogP contribution >= 0.6 is 0 Å². The van der Waals surface area contributed by atoms with E-state index >= 15 is 0 Å². The summed E-state index contributed by atoms with van der Waals surface area (Å²) in [6.45, 7) is 6.28. The Kier molecular flexibility index (Phi) is 5.79. The Morgan fingerprint density at radius 2 is 1.86 bits per heavy atom. The molecule has 1 heterocycles. The van der Waals surface area contributed by atoms with Gasteiger partial charge < -0.3 is 20.2 Å². The van der Waals surface area contributed by atoms with E-state index in [0.29, 0.717) is 19.5 Å². The highest BCUT2D eigenvalue weighted by Gasteiger charge is 2.36. The maximum absolute atomic E-state index is 12.4. The van der Waals surface area contributed by atoms with Gasteiger partial charge in [-0.15, -0.1) is 0 Å². The predicted octanol–water partition coefficient (Wildman–Crippen LogP) is 0.996. The second-order valence-corrected chi connectivity index (χ2v) is 7.11. The lowest BCUT2D eigenvalue weighted by Crippen LogP contribution is -2.54. The first kappa shape index (κ1) is 18.3.